The van der Waals surface area contributed by atoms with Crippen molar-refractivity contribution in [1.29, 1.82) is 0 Å². The van der Waals surface area contributed by atoms with Crippen LogP contribution in [0.25, 0.3) is 11.1 Å². The van der Waals surface area contributed by atoms with Gasteiger partial charge in [-0.25, -0.2) is 9.18 Å². The minimum atomic E-state index is -1.27. The van der Waals surface area contributed by atoms with Crippen LogP contribution in [-0.2, 0) is 7.05 Å². The van der Waals surface area contributed by atoms with Crippen LogP contribution in [0.3, 0.4) is 0 Å². The summed E-state index contributed by atoms with van der Waals surface area (Å²) in [6.07, 6.45) is 1.81. The maximum atomic E-state index is 13.4. The van der Waals surface area contributed by atoms with Crippen molar-refractivity contribution in [2.45, 2.75) is 19.8 Å². The maximum absolute atomic E-state index is 13.4. The molecule has 0 saturated heterocycles. The number of hydrogen-bond donors (Lipinski definition) is 1. The summed E-state index contributed by atoms with van der Waals surface area (Å²) in [4.78, 5) is 11.0. The van der Waals surface area contributed by atoms with Crippen LogP contribution in [0.5, 0.6) is 0 Å². The van der Waals surface area contributed by atoms with Crippen LogP contribution in [0.1, 0.15) is 35.8 Å². The first kappa shape index (κ1) is 13.3. The van der Waals surface area contributed by atoms with Gasteiger partial charge in [-0.3, -0.25) is 4.68 Å². The van der Waals surface area contributed by atoms with Gasteiger partial charge in [-0.15, -0.1) is 0 Å². The molecular weight excluding hydrogens is 247 g/mol. The van der Waals surface area contributed by atoms with Gasteiger partial charge < -0.3 is 5.11 Å². The molecule has 0 aliphatic rings. The minimum absolute atomic E-state index is 0.203. The van der Waals surface area contributed by atoms with Gasteiger partial charge in [-0.05, 0) is 23.6 Å². The lowest BCUT2D eigenvalue weighted by Gasteiger charge is -2.06. The summed E-state index contributed by atoms with van der Waals surface area (Å²) >= 11 is 0. The molecule has 0 atom stereocenters. The lowest BCUT2D eigenvalue weighted by Crippen LogP contribution is -2.01. The smallest absolute Gasteiger partial charge is 0.338 e. The van der Waals surface area contributed by atoms with E-state index in [4.69, 9.17) is 5.11 Å². The Kier molecular flexibility index (Phi) is 3.38. The Morgan fingerprint density at radius 1 is 1.42 bits per heavy atom. The lowest BCUT2D eigenvalue weighted by molar-refractivity contribution is 0.0692. The fourth-order valence-electron chi connectivity index (χ4n) is 2.01. The number of carboxylic acids is 1. The van der Waals surface area contributed by atoms with Gasteiger partial charge in [0.25, 0.3) is 0 Å². The van der Waals surface area contributed by atoms with E-state index in [1.165, 1.54) is 12.1 Å². The molecule has 1 N–H and O–H groups in total. The third kappa shape index (κ3) is 2.50. The number of halogens is 1. The Labute approximate surface area is 110 Å². The third-order valence-electron chi connectivity index (χ3n) is 2.91. The predicted molar refractivity (Wildman–Crippen MR) is 69.7 cm³/mol. The molecule has 0 saturated carbocycles. The van der Waals surface area contributed by atoms with E-state index < -0.39 is 11.8 Å². The Morgan fingerprint density at radius 3 is 2.68 bits per heavy atom. The average Bonchev–Trinajstić information content (AvgIpc) is 2.71. The summed E-state index contributed by atoms with van der Waals surface area (Å²) in [6.45, 7) is 4.01. The van der Waals surface area contributed by atoms with Crippen molar-refractivity contribution in [3.05, 3.63) is 41.5 Å². The van der Waals surface area contributed by atoms with Crippen molar-refractivity contribution in [2.24, 2.45) is 7.05 Å². The molecule has 1 aromatic heterocycles. The molecule has 100 valence electrons. The molecule has 0 aliphatic heterocycles. The zero-order valence-electron chi connectivity index (χ0n) is 11.0. The fraction of sp³-hybridized carbons (Fsp3) is 0.286. The number of aromatic carboxylic acids is 1. The highest BCUT2D eigenvalue weighted by Crippen LogP contribution is 2.29. The molecule has 2 aromatic rings. The molecular formula is C14H15FN2O2. The highest BCUT2D eigenvalue weighted by atomic mass is 19.1. The van der Waals surface area contributed by atoms with Gasteiger partial charge in [0, 0.05) is 18.8 Å². The second-order valence-corrected chi connectivity index (χ2v) is 4.76. The summed E-state index contributed by atoms with van der Waals surface area (Å²) in [5, 5.41) is 13.3. The molecule has 0 fully saturated rings. The minimum Gasteiger partial charge on any atom is -0.478 e. The van der Waals surface area contributed by atoms with Crippen LogP contribution in [0.15, 0.2) is 24.4 Å². The number of benzene rings is 1. The van der Waals surface area contributed by atoms with Crippen LogP contribution < -0.4 is 0 Å². The van der Waals surface area contributed by atoms with Gasteiger partial charge in [-0.1, -0.05) is 19.9 Å². The lowest BCUT2D eigenvalue weighted by atomic mass is 9.98. The Balaban J connectivity index is 2.59. The van der Waals surface area contributed by atoms with E-state index in [2.05, 4.69) is 5.10 Å². The summed E-state index contributed by atoms with van der Waals surface area (Å²) in [5.74, 6) is -1.80. The van der Waals surface area contributed by atoms with Crippen LogP contribution >= 0.6 is 0 Å². The molecule has 19 heavy (non-hydrogen) atoms. The molecule has 0 bridgehead atoms. The fourth-order valence-corrected chi connectivity index (χ4v) is 2.01. The highest BCUT2D eigenvalue weighted by molar-refractivity contribution is 5.89. The summed E-state index contributed by atoms with van der Waals surface area (Å²) in [5.41, 5.74) is 2.04. The van der Waals surface area contributed by atoms with Crippen molar-refractivity contribution >= 4 is 5.97 Å². The SMILES string of the molecule is CC(C)c1nn(C)cc1-c1ccc(F)c(C(=O)O)c1. The highest BCUT2D eigenvalue weighted by Gasteiger charge is 2.16. The van der Waals surface area contributed by atoms with Gasteiger partial charge in [0.1, 0.15) is 5.82 Å². The number of nitrogens with zero attached hydrogens (tertiary/aromatic N) is 2. The quantitative estimate of drug-likeness (QED) is 0.924. The first-order valence-electron chi connectivity index (χ1n) is 5.97. The molecule has 0 radical (unpaired) electrons. The standard InChI is InChI=1S/C14H15FN2O2/c1-8(2)13-11(7-17(3)16-13)9-4-5-12(15)10(6-9)14(18)19/h4-8H,1-3H3,(H,18,19). The Morgan fingerprint density at radius 2 is 2.11 bits per heavy atom. The second kappa shape index (κ2) is 4.84. The molecule has 0 aliphatic carbocycles. The first-order valence-corrected chi connectivity index (χ1v) is 5.97. The van der Waals surface area contributed by atoms with E-state index in [0.29, 0.717) is 5.56 Å². The molecule has 0 amide bonds. The Hall–Kier alpha value is -2.17. The summed E-state index contributed by atoms with van der Waals surface area (Å²) < 4.78 is 15.1. The number of aromatic nitrogens is 2. The molecule has 1 aromatic carbocycles. The monoisotopic (exact) mass is 262 g/mol. The van der Waals surface area contributed by atoms with Crippen LogP contribution in [-0.4, -0.2) is 20.9 Å². The van der Waals surface area contributed by atoms with E-state index in [-0.39, 0.29) is 11.5 Å². The summed E-state index contributed by atoms with van der Waals surface area (Å²) in [7, 11) is 1.80. The van der Waals surface area contributed by atoms with Crippen molar-refractivity contribution in [3.8, 4) is 11.1 Å². The topological polar surface area (TPSA) is 55.1 Å². The van der Waals surface area contributed by atoms with Crippen molar-refractivity contribution < 1.29 is 14.3 Å². The summed E-state index contributed by atoms with van der Waals surface area (Å²) in [6, 6.07) is 4.10. The molecule has 4 nitrogen and oxygen atoms in total. The van der Waals surface area contributed by atoms with Crippen LogP contribution in [0.4, 0.5) is 4.39 Å². The Bertz CT molecular complexity index is 632. The second-order valence-electron chi connectivity index (χ2n) is 4.76. The van der Waals surface area contributed by atoms with E-state index in [1.807, 2.05) is 20.0 Å². The number of hydrogen-bond acceptors (Lipinski definition) is 2. The maximum Gasteiger partial charge on any atom is 0.338 e. The zero-order chi connectivity index (χ0) is 14.2. The third-order valence-corrected chi connectivity index (χ3v) is 2.91. The average molecular weight is 262 g/mol. The molecule has 1 heterocycles. The zero-order valence-corrected chi connectivity index (χ0v) is 11.0. The van der Waals surface area contributed by atoms with Crippen LogP contribution in [0, 0.1) is 5.82 Å². The predicted octanol–water partition coefficient (Wildman–Crippen LogP) is 3.05. The van der Waals surface area contributed by atoms with Crippen molar-refractivity contribution in [1.82, 2.24) is 9.78 Å². The number of carbonyl (C=O) groups is 1. The molecule has 5 heteroatoms. The molecule has 0 unspecified atom stereocenters. The van der Waals surface area contributed by atoms with E-state index in [1.54, 1.807) is 17.8 Å². The number of carboxylic acid groups (broad SMARTS) is 1. The van der Waals surface area contributed by atoms with Gasteiger partial charge in [-0.2, -0.15) is 5.10 Å². The van der Waals surface area contributed by atoms with Crippen molar-refractivity contribution in [3.63, 3.8) is 0 Å². The van der Waals surface area contributed by atoms with Crippen molar-refractivity contribution in [2.75, 3.05) is 0 Å². The van der Waals surface area contributed by atoms with E-state index >= 15 is 0 Å². The van der Waals surface area contributed by atoms with Gasteiger partial charge in [0.2, 0.25) is 0 Å². The van der Waals surface area contributed by atoms with E-state index in [9.17, 15) is 9.18 Å². The first-order chi connectivity index (χ1) is 8.90. The number of rotatable bonds is 3. The van der Waals surface area contributed by atoms with Crippen LogP contribution in [0.2, 0.25) is 0 Å². The largest absolute Gasteiger partial charge is 0.478 e. The molecule has 2 rings (SSSR count). The number of aryl methyl sites for hydroxylation is 1. The van der Waals surface area contributed by atoms with Gasteiger partial charge >= 0.3 is 5.97 Å². The van der Waals surface area contributed by atoms with Gasteiger partial charge in [0.15, 0.2) is 0 Å². The van der Waals surface area contributed by atoms with E-state index in [0.717, 1.165) is 11.3 Å². The normalized spacial score (nSPS) is 11.0. The van der Waals surface area contributed by atoms with Gasteiger partial charge in [0.05, 0.1) is 11.3 Å². The molecule has 0 spiro atoms.